The molecule has 1 aromatic carbocycles. The summed E-state index contributed by atoms with van der Waals surface area (Å²) in [5.41, 5.74) is 7.13. The summed E-state index contributed by atoms with van der Waals surface area (Å²) in [6, 6.07) is 7.36. The van der Waals surface area contributed by atoms with E-state index in [4.69, 9.17) is 29.1 Å². The van der Waals surface area contributed by atoms with Crippen LogP contribution in [0.1, 0.15) is 0 Å². The lowest BCUT2D eigenvalue weighted by Crippen LogP contribution is -2.30. The summed E-state index contributed by atoms with van der Waals surface area (Å²) in [7, 11) is 0. The minimum atomic E-state index is 0.253. The fourth-order valence-corrected chi connectivity index (χ4v) is 1.17. The molecular formula is C11H13N3OS. The van der Waals surface area contributed by atoms with Gasteiger partial charge in [-0.05, 0) is 24.4 Å². The average molecular weight is 235 g/mol. The summed E-state index contributed by atoms with van der Waals surface area (Å²) >= 11 is 5.04. The number of ether oxygens (including phenoxy) is 1. The summed E-state index contributed by atoms with van der Waals surface area (Å²) < 4.78 is 5.02. The molecule has 0 heterocycles. The minimum Gasteiger partial charge on any atom is -0.397 e. The summed E-state index contributed by atoms with van der Waals surface area (Å²) in [6.07, 6.45) is 5.02. The molecule has 0 saturated heterocycles. The van der Waals surface area contributed by atoms with Crippen LogP contribution in [0.3, 0.4) is 0 Å². The first-order valence-corrected chi connectivity index (χ1v) is 5.05. The Bertz CT molecular complexity index is 400. The van der Waals surface area contributed by atoms with Gasteiger partial charge in [0, 0.05) is 0 Å². The molecule has 4 N–H and O–H groups in total. The monoisotopic (exact) mass is 235 g/mol. The zero-order valence-corrected chi connectivity index (χ0v) is 9.51. The van der Waals surface area contributed by atoms with Crippen molar-refractivity contribution in [3.8, 4) is 12.3 Å². The number of hydrogen-bond donors (Lipinski definition) is 3. The Morgan fingerprint density at radius 3 is 2.94 bits per heavy atom. The lowest BCUT2D eigenvalue weighted by atomic mass is 10.3. The lowest BCUT2D eigenvalue weighted by Gasteiger charge is -2.11. The van der Waals surface area contributed by atoms with Crippen molar-refractivity contribution in [3.63, 3.8) is 0 Å². The predicted molar refractivity (Wildman–Crippen MR) is 69.9 cm³/mol. The largest absolute Gasteiger partial charge is 0.397 e. The van der Waals surface area contributed by atoms with Gasteiger partial charge in [-0.2, -0.15) is 0 Å². The Balaban J connectivity index is 2.35. The number of rotatable bonds is 4. The second kappa shape index (κ2) is 6.67. The SMILES string of the molecule is C#CCOCNC(=S)Nc1ccccc1N. The van der Waals surface area contributed by atoms with E-state index in [-0.39, 0.29) is 13.3 Å². The van der Waals surface area contributed by atoms with Crippen LogP contribution in [0.15, 0.2) is 24.3 Å². The molecule has 0 fully saturated rings. The van der Waals surface area contributed by atoms with Crippen molar-refractivity contribution < 1.29 is 4.74 Å². The van der Waals surface area contributed by atoms with E-state index in [1.807, 2.05) is 18.2 Å². The van der Waals surface area contributed by atoms with Gasteiger partial charge in [-0.1, -0.05) is 18.1 Å². The molecule has 0 aliphatic heterocycles. The number of thiocarbonyl (C=S) groups is 1. The minimum absolute atomic E-state index is 0.253. The van der Waals surface area contributed by atoms with Gasteiger partial charge in [-0.3, -0.25) is 0 Å². The Morgan fingerprint density at radius 1 is 1.50 bits per heavy atom. The second-order valence-electron chi connectivity index (χ2n) is 2.92. The lowest BCUT2D eigenvalue weighted by molar-refractivity contribution is 0.162. The van der Waals surface area contributed by atoms with Crippen LogP contribution in [-0.2, 0) is 4.74 Å². The molecule has 0 aliphatic carbocycles. The molecule has 0 amide bonds. The Kier molecular flexibility index (Phi) is 5.12. The maximum Gasteiger partial charge on any atom is 0.172 e. The molecular weight excluding hydrogens is 222 g/mol. The maximum atomic E-state index is 5.74. The van der Waals surface area contributed by atoms with Crippen LogP contribution in [0.25, 0.3) is 0 Å². The van der Waals surface area contributed by atoms with Crippen LogP contribution in [-0.4, -0.2) is 18.5 Å². The quantitative estimate of drug-likeness (QED) is 0.240. The highest BCUT2D eigenvalue weighted by Gasteiger charge is 1.99. The van der Waals surface area contributed by atoms with Crippen LogP contribution in [0.2, 0.25) is 0 Å². The van der Waals surface area contributed by atoms with E-state index in [1.54, 1.807) is 6.07 Å². The maximum absolute atomic E-state index is 5.74. The highest BCUT2D eigenvalue weighted by molar-refractivity contribution is 7.80. The number of anilines is 2. The predicted octanol–water partition coefficient (Wildman–Crippen LogP) is 1.16. The van der Waals surface area contributed by atoms with Crippen molar-refractivity contribution in [2.45, 2.75) is 0 Å². The van der Waals surface area contributed by atoms with Gasteiger partial charge >= 0.3 is 0 Å². The standard InChI is InChI=1S/C11H13N3OS/c1-2-7-15-8-13-11(16)14-10-6-4-3-5-9(10)12/h1,3-6H,7-8,12H2,(H2,13,14,16). The third-order valence-electron chi connectivity index (χ3n) is 1.73. The zero-order valence-electron chi connectivity index (χ0n) is 8.69. The number of terminal acetylenes is 1. The van der Waals surface area contributed by atoms with Crippen LogP contribution < -0.4 is 16.4 Å². The molecule has 1 aromatic rings. The molecule has 0 aliphatic rings. The first-order valence-electron chi connectivity index (χ1n) is 4.64. The molecule has 16 heavy (non-hydrogen) atoms. The fraction of sp³-hybridized carbons (Fsp3) is 0.182. The number of hydrogen-bond acceptors (Lipinski definition) is 3. The van der Waals surface area contributed by atoms with E-state index < -0.39 is 0 Å². The topological polar surface area (TPSA) is 59.3 Å². The Morgan fingerprint density at radius 2 is 2.25 bits per heavy atom. The summed E-state index contributed by atoms with van der Waals surface area (Å²) in [5, 5.41) is 6.23. The molecule has 1 rings (SSSR count). The van der Waals surface area contributed by atoms with E-state index in [9.17, 15) is 0 Å². The van der Waals surface area contributed by atoms with E-state index >= 15 is 0 Å². The summed E-state index contributed by atoms with van der Waals surface area (Å²) in [5.74, 6) is 2.35. The van der Waals surface area contributed by atoms with E-state index in [0.29, 0.717) is 10.8 Å². The van der Waals surface area contributed by atoms with Gasteiger partial charge in [-0.25, -0.2) is 0 Å². The summed E-state index contributed by atoms with van der Waals surface area (Å²) in [4.78, 5) is 0. The normalized spacial score (nSPS) is 9.19. The van der Waals surface area contributed by atoms with E-state index in [0.717, 1.165) is 5.69 Å². The molecule has 0 radical (unpaired) electrons. The molecule has 0 spiro atoms. The van der Waals surface area contributed by atoms with Crippen molar-refractivity contribution in [1.29, 1.82) is 0 Å². The van der Waals surface area contributed by atoms with Crippen LogP contribution in [0, 0.1) is 12.3 Å². The molecule has 0 atom stereocenters. The molecule has 84 valence electrons. The third-order valence-corrected chi connectivity index (χ3v) is 1.98. The average Bonchev–Trinajstić information content (AvgIpc) is 2.28. The van der Waals surface area contributed by atoms with Crippen molar-refractivity contribution in [3.05, 3.63) is 24.3 Å². The molecule has 0 bridgehead atoms. The van der Waals surface area contributed by atoms with Crippen molar-refractivity contribution >= 4 is 28.7 Å². The summed E-state index contributed by atoms with van der Waals surface area (Å²) in [6.45, 7) is 0.520. The molecule has 0 unspecified atom stereocenters. The van der Waals surface area contributed by atoms with Gasteiger partial charge in [-0.15, -0.1) is 6.42 Å². The first-order chi connectivity index (χ1) is 7.74. The van der Waals surface area contributed by atoms with Gasteiger partial charge < -0.3 is 21.1 Å². The highest BCUT2D eigenvalue weighted by atomic mass is 32.1. The molecule has 0 aromatic heterocycles. The molecule has 5 heteroatoms. The second-order valence-corrected chi connectivity index (χ2v) is 3.32. The first kappa shape index (κ1) is 12.3. The smallest absolute Gasteiger partial charge is 0.172 e. The van der Waals surface area contributed by atoms with E-state index in [2.05, 4.69) is 16.6 Å². The van der Waals surface area contributed by atoms with Gasteiger partial charge in [0.25, 0.3) is 0 Å². The third kappa shape index (κ3) is 4.17. The van der Waals surface area contributed by atoms with Gasteiger partial charge in [0.05, 0.1) is 11.4 Å². The Hall–Kier alpha value is -1.77. The van der Waals surface area contributed by atoms with Crippen molar-refractivity contribution in [2.75, 3.05) is 24.4 Å². The molecule has 0 saturated carbocycles. The highest BCUT2D eigenvalue weighted by Crippen LogP contribution is 2.16. The number of nitrogens with two attached hydrogens (primary N) is 1. The molecule has 4 nitrogen and oxygen atoms in total. The van der Waals surface area contributed by atoms with Crippen LogP contribution in [0.4, 0.5) is 11.4 Å². The van der Waals surface area contributed by atoms with Gasteiger partial charge in [0.15, 0.2) is 5.11 Å². The van der Waals surface area contributed by atoms with Gasteiger partial charge in [0.1, 0.15) is 13.3 Å². The van der Waals surface area contributed by atoms with Crippen LogP contribution >= 0.6 is 12.2 Å². The van der Waals surface area contributed by atoms with Crippen LogP contribution in [0.5, 0.6) is 0 Å². The number of nitrogens with one attached hydrogen (secondary N) is 2. The van der Waals surface area contributed by atoms with E-state index in [1.165, 1.54) is 0 Å². The number of nitrogen functional groups attached to an aromatic ring is 1. The zero-order chi connectivity index (χ0) is 11.8. The number of para-hydroxylation sites is 2. The van der Waals surface area contributed by atoms with Crippen molar-refractivity contribution in [1.82, 2.24) is 5.32 Å². The van der Waals surface area contributed by atoms with Crippen molar-refractivity contribution in [2.24, 2.45) is 0 Å². The van der Waals surface area contributed by atoms with Gasteiger partial charge in [0.2, 0.25) is 0 Å². The number of benzene rings is 1. The Labute approximate surface area is 100 Å². The fourth-order valence-electron chi connectivity index (χ4n) is 1.00.